The van der Waals surface area contributed by atoms with E-state index in [4.69, 9.17) is 16.2 Å². The third-order valence-corrected chi connectivity index (χ3v) is 2.03. The van der Waals surface area contributed by atoms with Crippen LogP contribution in [0.4, 0.5) is 0 Å². The van der Waals surface area contributed by atoms with Crippen LogP contribution < -0.4 is 11.5 Å². The first kappa shape index (κ1) is 16.1. The highest BCUT2D eigenvalue weighted by atomic mass is 16.6. The van der Waals surface area contributed by atoms with Gasteiger partial charge < -0.3 is 16.2 Å². The second-order valence-corrected chi connectivity index (χ2v) is 3.43. The largest absolute Gasteiger partial charge is 0.436 e. The van der Waals surface area contributed by atoms with Gasteiger partial charge in [-0.25, -0.2) is 9.59 Å². The standard InChI is InChI=1S/C10H16N4O4/c11-4-2-1-3-8(12)10(17)18-9(14-7-16)5-13-6-15/h8-9H,1-5,11-12H2. The Labute approximate surface area is 104 Å². The summed E-state index contributed by atoms with van der Waals surface area (Å²) in [5.41, 5.74) is 10.9. The third kappa shape index (κ3) is 7.43. The van der Waals surface area contributed by atoms with E-state index in [2.05, 4.69) is 9.98 Å². The SMILES string of the molecule is NCCCCC(N)C(=O)OC(CN=C=O)N=C=O. The summed E-state index contributed by atoms with van der Waals surface area (Å²) in [6.45, 7) is 0.244. The highest BCUT2D eigenvalue weighted by Crippen LogP contribution is 2.03. The van der Waals surface area contributed by atoms with Crippen molar-refractivity contribution in [1.29, 1.82) is 0 Å². The zero-order valence-corrected chi connectivity index (χ0v) is 9.87. The van der Waals surface area contributed by atoms with Crippen molar-refractivity contribution in [3.05, 3.63) is 0 Å². The van der Waals surface area contributed by atoms with E-state index in [1.807, 2.05) is 0 Å². The molecule has 0 aromatic rings. The number of isocyanates is 2. The minimum absolute atomic E-state index is 0.278. The number of carbonyl (C=O) groups is 1. The molecule has 0 heterocycles. The number of unbranched alkanes of at least 4 members (excludes halogenated alkanes) is 1. The van der Waals surface area contributed by atoms with Gasteiger partial charge in [0.1, 0.15) is 12.6 Å². The number of ether oxygens (including phenoxy) is 1. The third-order valence-electron chi connectivity index (χ3n) is 2.03. The summed E-state index contributed by atoms with van der Waals surface area (Å²) in [6, 6.07) is -0.818. The maximum atomic E-state index is 11.5. The molecule has 0 spiro atoms. The van der Waals surface area contributed by atoms with E-state index in [0.29, 0.717) is 19.4 Å². The number of hydrogen-bond donors (Lipinski definition) is 2. The molecular weight excluding hydrogens is 240 g/mol. The molecule has 2 atom stereocenters. The van der Waals surface area contributed by atoms with Crippen molar-refractivity contribution in [3.8, 4) is 0 Å². The molecule has 0 saturated carbocycles. The maximum Gasteiger partial charge on any atom is 0.324 e. The van der Waals surface area contributed by atoms with Crippen LogP contribution >= 0.6 is 0 Å². The van der Waals surface area contributed by atoms with Crippen LogP contribution in [0.25, 0.3) is 0 Å². The van der Waals surface area contributed by atoms with Gasteiger partial charge in [-0.3, -0.25) is 4.79 Å². The average Bonchev–Trinajstić information content (AvgIpc) is 2.36. The fourth-order valence-electron chi connectivity index (χ4n) is 1.13. The Bertz CT molecular complexity index is 348. The molecule has 0 aliphatic carbocycles. The summed E-state index contributed by atoms with van der Waals surface area (Å²) in [6.07, 6.45) is 3.16. The number of carbonyl (C=O) groups excluding carboxylic acids is 3. The molecule has 0 aliphatic rings. The summed E-state index contributed by atoms with van der Waals surface area (Å²) >= 11 is 0. The van der Waals surface area contributed by atoms with Gasteiger partial charge in [0.05, 0.1) is 0 Å². The topological polar surface area (TPSA) is 137 Å². The molecule has 0 aromatic carbocycles. The van der Waals surface area contributed by atoms with Gasteiger partial charge >= 0.3 is 5.97 Å². The number of nitrogens with two attached hydrogens (primary N) is 2. The number of esters is 1. The number of aliphatic imine (C=N–C) groups is 2. The predicted octanol–water partition coefficient (Wildman–Crippen LogP) is -1.02. The lowest BCUT2D eigenvalue weighted by atomic mass is 10.1. The van der Waals surface area contributed by atoms with Gasteiger partial charge in [0.25, 0.3) is 0 Å². The average molecular weight is 256 g/mol. The summed E-state index contributed by atoms with van der Waals surface area (Å²) in [7, 11) is 0. The molecule has 8 heteroatoms. The molecule has 4 N–H and O–H groups in total. The Kier molecular flexibility index (Phi) is 9.25. The Balaban J connectivity index is 4.22. The van der Waals surface area contributed by atoms with Crippen molar-refractivity contribution in [2.24, 2.45) is 21.5 Å². The van der Waals surface area contributed by atoms with E-state index in [-0.39, 0.29) is 6.54 Å². The number of nitrogens with zero attached hydrogens (tertiary/aromatic N) is 2. The second-order valence-electron chi connectivity index (χ2n) is 3.43. The maximum absolute atomic E-state index is 11.5. The first-order valence-electron chi connectivity index (χ1n) is 5.42. The van der Waals surface area contributed by atoms with Crippen LogP contribution in [0.2, 0.25) is 0 Å². The van der Waals surface area contributed by atoms with Crippen LogP contribution in [0, 0.1) is 0 Å². The van der Waals surface area contributed by atoms with Gasteiger partial charge in [0.15, 0.2) is 0 Å². The van der Waals surface area contributed by atoms with Gasteiger partial charge in [-0.1, -0.05) is 6.42 Å². The lowest BCUT2D eigenvalue weighted by molar-refractivity contribution is -0.149. The van der Waals surface area contributed by atoms with Gasteiger partial charge in [-0.05, 0) is 19.4 Å². The fourth-order valence-corrected chi connectivity index (χ4v) is 1.13. The molecule has 0 fully saturated rings. The van der Waals surface area contributed by atoms with Crippen molar-refractivity contribution in [2.75, 3.05) is 13.1 Å². The van der Waals surface area contributed by atoms with E-state index in [1.165, 1.54) is 12.2 Å². The van der Waals surface area contributed by atoms with E-state index in [9.17, 15) is 14.4 Å². The van der Waals surface area contributed by atoms with E-state index < -0.39 is 18.2 Å². The Morgan fingerprint density at radius 1 is 1.28 bits per heavy atom. The molecular formula is C10H16N4O4. The van der Waals surface area contributed by atoms with Crippen LogP contribution in [0.15, 0.2) is 9.98 Å². The van der Waals surface area contributed by atoms with Crippen LogP contribution in [-0.2, 0) is 19.1 Å². The minimum Gasteiger partial charge on any atom is -0.436 e. The molecule has 0 aromatic heterocycles. The summed E-state index contributed by atoms with van der Waals surface area (Å²) in [5, 5.41) is 0. The molecule has 0 bridgehead atoms. The predicted molar refractivity (Wildman–Crippen MR) is 61.9 cm³/mol. The molecule has 0 saturated heterocycles. The molecule has 100 valence electrons. The Morgan fingerprint density at radius 2 is 2.00 bits per heavy atom. The summed E-state index contributed by atoms with van der Waals surface area (Å²) in [4.78, 5) is 37.8. The molecule has 0 radical (unpaired) electrons. The fraction of sp³-hybridized carbons (Fsp3) is 0.700. The van der Waals surface area contributed by atoms with Crippen molar-refractivity contribution in [1.82, 2.24) is 0 Å². The molecule has 0 amide bonds. The minimum atomic E-state index is -1.18. The lowest BCUT2D eigenvalue weighted by Gasteiger charge is -2.14. The van der Waals surface area contributed by atoms with Gasteiger partial charge in [0.2, 0.25) is 18.4 Å². The van der Waals surface area contributed by atoms with Gasteiger partial charge in [-0.15, -0.1) is 0 Å². The van der Waals surface area contributed by atoms with Crippen LogP contribution in [-0.4, -0.2) is 43.5 Å². The first-order chi connectivity index (χ1) is 8.65. The van der Waals surface area contributed by atoms with Crippen molar-refractivity contribution in [2.45, 2.75) is 31.5 Å². The first-order valence-corrected chi connectivity index (χ1v) is 5.42. The zero-order valence-electron chi connectivity index (χ0n) is 9.87. The van der Waals surface area contributed by atoms with Crippen molar-refractivity contribution in [3.63, 3.8) is 0 Å². The van der Waals surface area contributed by atoms with E-state index >= 15 is 0 Å². The zero-order chi connectivity index (χ0) is 13.8. The van der Waals surface area contributed by atoms with Gasteiger partial charge in [-0.2, -0.15) is 9.98 Å². The smallest absolute Gasteiger partial charge is 0.324 e. The molecule has 0 aliphatic heterocycles. The number of rotatable bonds is 9. The van der Waals surface area contributed by atoms with E-state index in [0.717, 1.165) is 6.42 Å². The van der Waals surface area contributed by atoms with Crippen molar-refractivity contribution < 1.29 is 19.1 Å². The van der Waals surface area contributed by atoms with Crippen LogP contribution in [0.1, 0.15) is 19.3 Å². The normalized spacial score (nSPS) is 12.8. The highest BCUT2D eigenvalue weighted by molar-refractivity contribution is 5.75. The lowest BCUT2D eigenvalue weighted by Crippen LogP contribution is -2.35. The molecule has 2 unspecified atom stereocenters. The summed E-state index contributed by atoms with van der Waals surface area (Å²) < 4.78 is 4.79. The highest BCUT2D eigenvalue weighted by Gasteiger charge is 2.19. The molecule has 18 heavy (non-hydrogen) atoms. The second kappa shape index (κ2) is 10.3. The molecule has 0 rings (SSSR count). The quantitative estimate of drug-likeness (QED) is 0.234. The van der Waals surface area contributed by atoms with Crippen LogP contribution in [0.5, 0.6) is 0 Å². The monoisotopic (exact) mass is 256 g/mol. The molecule has 8 nitrogen and oxygen atoms in total. The summed E-state index contributed by atoms with van der Waals surface area (Å²) in [5.74, 6) is -0.711. The Morgan fingerprint density at radius 3 is 2.56 bits per heavy atom. The van der Waals surface area contributed by atoms with Gasteiger partial charge in [0, 0.05) is 0 Å². The van der Waals surface area contributed by atoms with Crippen molar-refractivity contribution >= 4 is 18.1 Å². The number of hydrogen-bond acceptors (Lipinski definition) is 8. The Hall–Kier alpha value is -1.85. The van der Waals surface area contributed by atoms with Crippen LogP contribution in [0.3, 0.4) is 0 Å². The van der Waals surface area contributed by atoms with E-state index in [1.54, 1.807) is 0 Å².